The zero-order valence-electron chi connectivity index (χ0n) is 8.60. The van der Waals surface area contributed by atoms with Crippen molar-refractivity contribution >= 4 is 11.8 Å². The molecule has 15 heavy (non-hydrogen) atoms. The molecule has 1 aliphatic rings. The molecule has 0 saturated heterocycles. The van der Waals surface area contributed by atoms with Crippen molar-refractivity contribution in [3.05, 3.63) is 24.3 Å². The van der Waals surface area contributed by atoms with E-state index in [0.29, 0.717) is 5.75 Å². The van der Waals surface area contributed by atoms with Crippen molar-refractivity contribution in [2.24, 2.45) is 0 Å². The van der Waals surface area contributed by atoms with Gasteiger partial charge in [-0.2, -0.15) is 0 Å². The van der Waals surface area contributed by atoms with Crippen molar-refractivity contribution in [3.8, 4) is 5.75 Å². The lowest BCUT2D eigenvalue weighted by molar-refractivity contribution is 0.137. The van der Waals surface area contributed by atoms with Crippen LogP contribution >= 0.6 is 11.8 Å². The standard InChI is InChI=1S/C12H16O2S/c13-9-5-1-3-7-11(9)15-12-8-4-2-6-10(12)14/h1,3,5,7,10,12-14H,2,4,6,8H2. The van der Waals surface area contributed by atoms with Crippen molar-refractivity contribution in [2.75, 3.05) is 0 Å². The average molecular weight is 224 g/mol. The van der Waals surface area contributed by atoms with Gasteiger partial charge >= 0.3 is 0 Å². The van der Waals surface area contributed by atoms with E-state index in [1.165, 1.54) is 6.42 Å². The lowest BCUT2D eigenvalue weighted by atomic mass is 9.97. The maximum Gasteiger partial charge on any atom is 0.129 e. The Kier molecular flexibility index (Phi) is 3.54. The minimum atomic E-state index is -0.219. The van der Waals surface area contributed by atoms with E-state index in [1.807, 2.05) is 18.2 Å². The van der Waals surface area contributed by atoms with E-state index in [0.717, 1.165) is 24.2 Å². The van der Waals surface area contributed by atoms with Crippen LogP contribution in [0.3, 0.4) is 0 Å². The van der Waals surface area contributed by atoms with Crippen molar-refractivity contribution in [1.82, 2.24) is 0 Å². The SMILES string of the molecule is Oc1ccccc1SC1CCCCC1O. The molecule has 1 saturated carbocycles. The predicted molar refractivity (Wildman–Crippen MR) is 62.2 cm³/mol. The van der Waals surface area contributed by atoms with Crippen molar-refractivity contribution in [1.29, 1.82) is 0 Å². The van der Waals surface area contributed by atoms with Crippen LogP contribution in [0.25, 0.3) is 0 Å². The summed E-state index contributed by atoms with van der Waals surface area (Å²) in [6, 6.07) is 7.33. The Hall–Kier alpha value is -0.670. The molecule has 1 aromatic rings. The highest BCUT2D eigenvalue weighted by atomic mass is 32.2. The summed E-state index contributed by atoms with van der Waals surface area (Å²) in [6.07, 6.45) is 4.02. The summed E-state index contributed by atoms with van der Waals surface area (Å²) in [7, 11) is 0. The lowest BCUT2D eigenvalue weighted by Crippen LogP contribution is -2.26. The highest BCUT2D eigenvalue weighted by Crippen LogP contribution is 2.37. The van der Waals surface area contributed by atoms with Crippen LogP contribution in [0.4, 0.5) is 0 Å². The second-order valence-corrected chi connectivity index (χ2v) is 5.26. The van der Waals surface area contributed by atoms with Crippen LogP contribution in [0.1, 0.15) is 25.7 Å². The quantitative estimate of drug-likeness (QED) is 0.811. The van der Waals surface area contributed by atoms with Gasteiger partial charge in [-0.25, -0.2) is 0 Å². The molecular weight excluding hydrogens is 208 g/mol. The van der Waals surface area contributed by atoms with Crippen LogP contribution < -0.4 is 0 Å². The van der Waals surface area contributed by atoms with Gasteiger partial charge in [0.15, 0.2) is 0 Å². The number of phenols is 1. The number of hydrogen-bond donors (Lipinski definition) is 2. The van der Waals surface area contributed by atoms with Gasteiger partial charge in [0.25, 0.3) is 0 Å². The Morgan fingerprint density at radius 2 is 1.87 bits per heavy atom. The number of thioether (sulfide) groups is 1. The summed E-state index contributed by atoms with van der Waals surface area (Å²) in [6.45, 7) is 0. The third-order valence-electron chi connectivity index (χ3n) is 2.81. The fourth-order valence-corrected chi connectivity index (χ4v) is 3.18. The Morgan fingerprint density at radius 1 is 1.13 bits per heavy atom. The van der Waals surface area contributed by atoms with E-state index >= 15 is 0 Å². The molecule has 2 rings (SSSR count). The predicted octanol–water partition coefficient (Wildman–Crippen LogP) is 2.79. The van der Waals surface area contributed by atoms with Crippen LogP contribution in [0.2, 0.25) is 0 Å². The van der Waals surface area contributed by atoms with E-state index in [1.54, 1.807) is 17.8 Å². The zero-order valence-corrected chi connectivity index (χ0v) is 9.41. The molecule has 0 spiro atoms. The Balaban J connectivity index is 2.04. The number of para-hydroxylation sites is 1. The molecule has 2 unspecified atom stereocenters. The van der Waals surface area contributed by atoms with E-state index < -0.39 is 0 Å². The van der Waals surface area contributed by atoms with E-state index in [4.69, 9.17) is 0 Å². The second kappa shape index (κ2) is 4.90. The molecule has 2 nitrogen and oxygen atoms in total. The Morgan fingerprint density at radius 3 is 2.60 bits per heavy atom. The molecular formula is C12H16O2S. The zero-order chi connectivity index (χ0) is 10.7. The third-order valence-corrected chi connectivity index (χ3v) is 4.26. The molecule has 0 amide bonds. The highest BCUT2D eigenvalue weighted by Gasteiger charge is 2.24. The molecule has 0 bridgehead atoms. The first kappa shape index (κ1) is 10.8. The average Bonchev–Trinajstić information content (AvgIpc) is 2.24. The first-order chi connectivity index (χ1) is 7.27. The van der Waals surface area contributed by atoms with Crippen LogP contribution in [0, 0.1) is 0 Å². The van der Waals surface area contributed by atoms with Crippen molar-refractivity contribution < 1.29 is 10.2 Å². The first-order valence-electron chi connectivity index (χ1n) is 5.40. The summed E-state index contributed by atoms with van der Waals surface area (Å²) < 4.78 is 0. The van der Waals surface area contributed by atoms with Gasteiger partial charge in [-0.1, -0.05) is 25.0 Å². The molecule has 1 aromatic carbocycles. The number of rotatable bonds is 2. The largest absolute Gasteiger partial charge is 0.507 e. The van der Waals surface area contributed by atoms with E-state index in [2.05, 4.69) is 0 Å². The number of aliphatic hydroxyl groups excluding tert-OH is 1. The number of benzene rings is 1. The third kappa shape index (κ3) is 2.67. The molecule has 2 atom stereocenters. The van der Waals surface area contributed by atoms with Gasteiger partial charge in [0.05, 0.1) is 6.10 Å². The van der Waals surface area contributed by atoms with Crippen LogP contribution in [0.15, 0.2) is 29.2 Å². The summed E-state index contributed by atoms with van der Waals surface area (Å²) in [5.41, 5.74) is 0. The van der Waals surface area contributed by atoms with Crippen molar-refractivity contribution in [2.45, 2.75) is 41.9 Å². The van der Waals surface area contributed by atoms with Gasteiger partial charge in [0.2, 0.25) is 0 Å². The van der Waals surface area contributed by atoms with Gasteiger partial charge in [-0.3, -0.25) is 0 Å². The van der Waals surface area contributed by atoms with Crippen LogP contribution in [-0.4, -0.2) is 21.6 Å². The highest BCUT2D eigenvalue weighted by molar-refractivity contribution is 8.00. The Labute approximate surface area is 94.3 Å². The number of phenolic OH excluding ortho intramolecular Hbond substituents is 1. The molecule has 82 valence electrons. The molecule has 0 aromatic heterocycles. The van der Waals surface area contributed by atoms with Gasteiger partial charge in [-0.15, -0.1) is 11.8 Å². The summed E-state index contributed by atoms with van der Waals surface area (Å²) in [5, 5.41) is 19.7. The number of aliphatic hydroxyl groups is 1. The minimum absolute atomic E-state index is 0.219. The second-order valence-electron chi connectivity index (χ2n) is 3.98. The normalized spacial score (nSPS) is 26.5. The maximum absolute atomic E-state index is 9.82. The monoisotopic (exact) mass is 224 g/mol. The lowest BCUT2D eigenvalue weighted by Gasteiger charge is -2.27. The molecule has 2 N–H and O–H groups in total. The molecule has 1 fully saturated rings. The fraction of sp³-hybridized carbons (Fsp3) is 0.500. The van der Waals surface area contributed by atoms with Crippen molar-refractivity contribution in [3.63, 3.8) is 0 Å². The molecule has 0 aliphatic heterocycles. The van der Waals surface area contributed by atoms with Gasteiger partial charge in [-0.05, 0) is 25.0 Å². The number of hydrogen-bond acceptors (Lipinski definition) is 3. The summed E-state index contributed by atoms with van der Waals surface area (Å²) in [5.74, 6) is 0.320. The van der Waals surface area contributed by atoms with Crippen LogP contribution in [-0.2, 0) is 0 Å². The molecule has 0 radical (unpaired) electrons. The van der Waals surface area contributed by atoms with E-state index in [9.17, 15) is 10.2 Å². The molecule has 0 heterocycles. The summed E-state index contributed by atoms with van der Waals surface area (Å²) in [4.78, 5) is 0.878. The smallest absolute Gasteiger partial charge is 0.129 e. The first-order valence-corrected chi connectivity index (χ1v) is 6.28. The number of aromatic hydroxyl groups is 1. The van der Waals surface area contributed by atoms with Gasteiger partial charge < -0.3 is 10.2 Å². The minimum Gasteiger partial charge on any atom is -0.507 e. The van der Waals surface area contributed by atoms with Crippen LogP contribution in [0.5, 0.6) is 5.75 Å². The van der Waals surface area contributed by atoms with Gasteiger partial charge in [0.1, 0.15) is 5.75 Å². The fourth-order valence-electron chi connectivity index (χ4n) is 1.93. The Bertz CT molecular complexity index is 327. The van der Waals surface area contributed by atoms with Gasteiger partial charge in [0, 0.05) is 10.1 Å². The summed E-state index contributed by atoms with van der Waals surface area (Å²) >= 11 is 1.60. The molecule has 3 heteroatoms. The topological polar surface area (TPSA) is 40.5 Å². The van der Waals surface area contributed by atoms with E-state index in [-0.39, 0.29) is 11.4 Å². The molecule has 1 aliphatic carbocycles. The maximum atomic E-state index is 9.82.